The van der Waals surface area contributed by atoms with Crippen LogP contribution in [0.5, 0.6) is 0 Å². The van der Waals surface area contributed by atoms with Gasteiger partial charge in [0.1, 0.15) is 5.82 Å². The fourth-order valence-corrected chi connectivity index (χ4v) is 2.60. The van der Waals surface area contributed by atoms with Crippen molar-refractivity contribution in [3.63, 3.8) is 0 Å². The monoisotopic (exact) mass is 366 g/mol. The van der Waals surface area contributed by atoms with Crippen molar-refractivity contribution in [3.05, 3.63) is 60.6 Å². The van der Waals surface area contributed by atoms with Gasteiger partial charge in [0.25, 0.3) is 5.56 Å². The van der Waals surface area contributed by atoms with Gasteiger partial charge in [-0.3, -0.25) is 4.79 Å². The van der Waals surface area contributed by atoms with Gasteiger partial charge >= 0.3 is 11.7 Å². The zero-order valence-corrected chi connectivity index (χ0v) is 14.4. The maximum absolute atomic E-state index is 14.3. The van der Waals surface area contributed by atoms with E-state index in [1.165, 1.54) is 6.92 Å². The van der Waals surface area contributed by atoms with E-state index in [9.17, 15) is 18.8 Å². The van der Waals surface area contributed by atoms with Crippen molar-refractivity contribution in [2.45, 2.75) is 26.7 Å². The first-order valence-corrected chi connectivity index (χ1v) is 8.16. The summed E-state index contributed by atoms with van der Waals surface area (Å²) in [7, 11) is 0. The summed E-state index contributed by atoms with van der Waals surface area (Å²) in [6, 6.07) is 1.96. The summed E-state index contributed by atoms with van der Waals surface area (Å²) in [5.41, 5.74) is -1.25. The molecule has 3 rings (SSSR count). The van der Waals surface area contributed by atoms with Gasteiger partial charge in [0.2, 0.25) is 0 Å². The van der Waals surface area contributed by atoms with Gasteiger partial charge in [0, 0.05) is 11.3 Å². The molecular formula is C17H16ClFN2O4. The third-order valence-electron chi connectivity index (χ3n) is 4.23. The normalized spacial score (nSPS) is 13.8. The molecule has 0 radical (unpaired) electrons. The molecule has 0 saturated heterocycles. The Bertz CT molecular complexity index is 976. The molecule has 1 aliphatic carbocycles. The van der Waals surface area contributed by atoms with E-state index in [0.717, 1.165) is 25.0 Å². The lowest BCUT2D eigenvalue weighted by molar-refractivity contribution is 0.0486. The number of hydrogen-bond acceptors (Lipinski definition) is 4. The van der Waals surface area contributed by atoms with Crippen LogP contribution in [0.4, 0.5) is 4.39 Å². The van der Waals surface area contributed by atoms with Crippen LogP contribution in [0.2, 0.25) is 5.02 Å². The van der Waals surface area contributed by atoms with Gasteiger partial charge in [-0.1, -0.05) is 11.6 Å². The third-order valence-corrected chi connectivity index (χ3v) is 4.54. The Morgan fingerprint density at radius 2 is 2.04 bits per heavy atom. The Kier molecular flexibility index (Phi) is 4.51. The highest BCUT2D eigenvalue weighted by atomic mass is 35.5. The minimum atomic E-state index is -0.889. The number of halogens is 2. The number of esters is 1. The maximum atomic E-state index is 14.3. The Morgan fingerprint density at radius 1 is 1.36 bits per heavy atom. The summed E-state index contributed by atoms with van der Waals surface area (Å²) in [4.78, 5) is 39.2. The topological polar surface area (TPSA) is 81.2 Å². The Balaban J connectivity index is 2.10. The molecular weight excluding hydrogens is 351 g/mol. The highest BCUT2D eigenvalue weighted by Gasteiger charge is 2.25. The molecule has 1 aromatic carbocycles. The summed E-state index contributed by atoms with van der Waals surface area (Å²) in [6.07, 6.45) is 2.01. The van der Waals surface area contributed by atoms with Crippen molar-refractivity contribution in [2.24, 2.45) is 5.92 Å². The summed E-state index contributed by atoms with van der Waals surface area (Å²) in [6.45, 7) is 3.36. The lowest BCUT2D eigenvalue weighted by Crippen LogP contribution is -2.36. The Morgan fingerprint density at radius 3 is 2.68 bits per heavy atom. The van der Waals surface area contributed by atoms with E-state index >= 15 is 0 Å². The molecule has 0 bridgehead atoms. The molecule has 1 N–H and O–H groups in total. The van der Waals surface area contributed by atoms with Crippen molar-refractivity contribution in [1.82, 2.24) is 9.55 Å². The maximum Gasteiger partial charge on any atom is 0.339 e. The molecule has 25 heavy (non-hydrogen) atoms. The fraction of sp³-hybridized carbons (Fsp3) is 0.353. The first-order valence-electron chi connectivity index (χ1n) is 7.78. The number of aromatic nitrogens is 2. The predicted octanol–water partition coefficient (Wildman–Crippen LogP) is 2.50. The van der Waals surface area contributed by atoms with Crippen molar-refractivity contribution in [2.75, 3.05) is 6.61 Å². The lowest BCUT2D eigenvalue weighted by atomic mass is 10.1. The number of nitrogens with one attached hydrogen (secondary N) is 1. The Labute approximate surface area is 147 Å². The first kappa shape index (κ1) is 17.4. The average molecular weight is 367 g/mol. The van der Waals surface area contributed by atoms with E-state index in [4.69, 9.17) is 16.3 Å². The molecule has 1 saturated carbocycles. The molecule has 1 fully saturated rings. The highest BCUT2D eigenvalue weighted by Crippen LogP contribution is 2.30. The van der Waals surface area contributed by atoms with Crippen LogP contribution in [-0.2, 0) is 4.74 Å². The van der Waals surface area contributed by atoms with Crippen LogP contribution in [-0.4, -0.2) is 22.1 Å². The van der Waals surface area contributed by atoms with Crippen LogP contribution in [0.15, 0.2) is 21.7 Å². The van der Waals surface area contributed by atoms with Gasteiger partial charge in [-0.25, -0.2) is 18.5 Å². The molecule has 1 aliphatic rings. The number of hydrogen-bond donors (Lipinski definition) is 1. The van der Waals surface area contributed by atoms with E-state index in [1.54, 1.807) is 6.92 Å². The second-order valence-corrected chi connectivity index (χ2v) is 6.55. The van der Waals surface area contributed by atoms with Crippen molar-refractivity contribution < 1.29 is 13.9 Å². The first-order chi connectivity index (χ1) is 11.8. The molecule has 0 spiro atoms. The molecule has 6 nitrogen and oxygen atoms in total. The second-order valence-electron chi connectivity index (χ2n) is 6.15. The van der Waals surface area contributed by atoms with Crippen LogP contribution < -0.4 is 11.2 Å². The quantitative estimate of drug-likeness (QED) is 0.843. The number of ether oxygens (including phenoxy) is 1. The van der Waals surface area contributed by atoms with Crippen LogP contribution in [0.1, 0.15) is 34.5 Å². The van der Waals surface area contributed by atoms with Crippen molar-refractivity contribution in [1.29, 1.82) is 0 Å². The van der Waals surface area contributed by atoms with Crippen LogP contribution >= 0.6 is 11.6 Å². The number of rotatable bonds is 4. The van der Waals surface area contributed by atoms with Gasteiger partial charge in [-0.15, -0.1) is 0 Å². The molecule has 8 heteroatoms. The van der Waals surface area contributed by atoms with Gasteiger partial charge < -0.3 is 9.72 Å². The molecule has 0 aliphatic heterocycles. The van der Waals surface area contributed by atoms with E-state index < -0.39 is 23.0 Å². The molecule has 1 aromatic heterocycles. The lowest BCUT2D eigenvalue weighted by Gasteiger charge is -2.12. The average Bonchev–Trinajstić information content (AvgIpc) is 3.36. The summed E-state index contributed by atoms with van der Waals surface area (Å²) >= 11 is 5.94. The largest absolute Gasteiger partial charge is 0.462 e. The van der Waals surface area contributed by atoms with E-state index in [2.05, 4.69) is 4.98 Å². The SMILES string of the molecule is Cc1[nH]c(=O)n(-c2cc(C(=O)OCC3CC3)c(Cl)cc2F)c(=O)c1C. The molecule has 0 unspecified atom stereocenters. The number of carbonyl (C=O) groups is 1. The molecule has 2 aromatic rings. The van der Waals surface area contributed by atoms with E-state index in [-0.39, 0.29) is 28.4 Å². The number of carbonyl (C=O) groups excluding carboxylic acids is 1. The number of benzene rings is 1. The summed E-state index contributed by atoms with van der Waals surface area (Å²) < 4.78 is 20.1. The minimum Gasteiger partial charge on any atom is -0.462 e. The number of aryl methyl sites for hydroxylation is 1. The molecule has 0 amide bonds. The fourth-order valence-electron chi connectivity index (χ4n) is 2.37. The standard InChI is InChI=1S/C17H16ClFN2O4/c1-8-9(2)20-17(24)21(15(8)22)14-5-11(12(18)6-13(14)19)16(23)25-7-10-3-4-10/h5-6,10H,3-4,7H2,1-2H3,(H,20,24). The zero-order chi connectivity index (χ0) is 18.3. The summed E-state index contributed by atoms with van der Waals surface area (Å²) in [5, 5.41) is -0.143. The predicted molar refractivity (Wildman–Crippen MR) is 90.1 cm³/mol. The van der Waals surface area contributed by atoms with Crippen LogP contribution in [0, 0.1) is 25.6 Å². The minimum absolute atomic E-state index is 0.0942. The van der Waals surface area contributed by atoms with E-state index in [0.29, 0.717) is 16.2 Å². The van der Waals surface area contributed by atoms with Crippen molar-refractivity contribution in [3.8, 4) is 5.69 Å². The Hall–Kier alpha value is -2.41. The van der Waals surface area contributed by atoms with Crippen molar-refractivity contribution >= 4 is 17.6 Å². The molecule has 132 valence electrons. The highest BCUT2D eigenvalue weighted by molar-refractivity contribution is 6.33. The number of H-pyrrole nitrogens is 1. The molecule has 1 heterocycles. The molecule has 0 atom stereocenters. The van der Waals surface area contributed by atoms with Gasteiger partial charge in [-0.05, 0) is 44.7 Å². The van der Waals surface area contributed by atoms with Gasteiger partial charge in [-0.2, -0.15) is 0 Å². The number of aromatic amines is 1. The van der Waals surface area contributed by atoms with Crippen LogP contribution in [0.3, 0.4) is 0 Å². The number of nitrogens with zero attached hydrogens (tertiary/aromatic N) is 1. The summed E-state index contributed by atoms with van der Waals surface area (Å²) in [5.74, 6) is -1.25. The second kappa shape index (κ2) is 6.48. The van der Waals surface area contributed by atoms with E-state index in [1.807, 2.05) is 0 Å². The zero-order valence-electron chi connectivity index (χ0n) is 13.7. The van der Waals surface area contributed by atoms with Gasteiger partial charge in [0.15, 0.2) is 0 Å². The van der Waals surface area contributed by atoms with Gasteiger partial charge in [0.05, 0.1) is 22.9 Å². The smallest absolute Gasteiger partial charge is 0.339 e. The van der Waals surface area contributed by atoms with Crippen LogP contribution in [0.25, 0.3) is 5.69 Å². The third kappa shape index (κ3) is 3.37.